The predicted molar refractivity (Wildman–Crippen MR) is 94.8 cm³/mol. The molecule has 0 amide bonds. The van der Waals surface area contributed by atoms with Crippen molar-refractivity contribution in [2.24, 2.45) is 0 Å². The van der Waals surface area contributed by atoms with Gasteiger partial charge in [0.05, 0.1) is 0 Å². The van der Waals surface area contributed by atoms with Crippen molar-refractivity contribution in [3.8, 4) is 11.5 Å². The van der Waals surface area contributed by atoms with E-state index >= 15 is 0 Å². The molecular formula is C18H30BrCsO2. The molecule has 0 saturated heterocycles. The van der Waals surface area contributed by atoms with Gasteiger partial charge in [-0.25, -0.2) is 0 Å². The van der Waals surface area contributed by atoms with Gasteiger partial charge in [-0.15, -0.1) is 39.7 Å². The number of hydrogen-bond donors (Lipinski definition) is 2. The van der Waals surface area contributed by atoms with Gasteiger partial charge < -0.3 is 10.2 Å². The van der Waals surface area contributed by atoms with Crippen LogP contribution in [-0.4, -0.2) is 10.2 Å². The Kier molecular flexibility index (Phi) is 17.1. The second kappa shape index (κ2) is 14.7. The first kappa shape index (κ1) is 25.6. The third kappa shape index (κ3) is 7.95. The first-order chi connectivity index (χ1) is 9.65. The zero-order chi connectivity index (χ0) is 15.0. The van der Waals surface area contributed by atoms with Crippen LogP contribution in [0.15, 0.2) is 0 Å². The number of rotatable bonds is 9. The second-order valence-corrected chi connectivity index (χ2v) is 5.57. The summed E-state index contributed by atoms with van der Waals surface area (Å²) in [5.41, 5.74) is 2.66. The van der Waals surface area contributed by atoms with Crippen LogP contribution in [0.25, 0.3) is 0 Å². The SMILES string of the molecule is Br.CCCCc1[c-]c(O)c(CCCC)c(CCCC)c1O.[Cs+]. The third-order valence-corrected chi connectivity index (χ3v) is 3.83. The van der Waals surface area contributed by atoms with Gasteiger partial charge in [-0.2, -0.15) is 0 Å². The van der Waals surface area contributed by atoms with E-state index < -0.39 is 0 Å². The number of hydrogen-bond acceptors (Lipinski definition) is 2. The molecule has 1 rings (SSSR count). The second-order valence-electron chi connectivity index (χ2n) is 5.57. The number of benzene rings is 1. The average molecular weight is 491 g/mol. The van der Waals surface area contributed by atoms with Crippen LogP contribution < -0.4 is 68.9 Å². The number of halogens is 1. The first-order valence-corrected chi connectivity index (χ1v) is 8.13. The molecule has 2 N–H and O–H groups in total. The van der Waals surface area contributed by atoms with E-state index in [4.69, 9.17) is 0 Å². The van der Waals surface area contributed by atoms with Crippen molar-refractivity contribution in [1.82, 2.24) is 0 Å². The average Bonchev–Trinajstić information content (AvgIpc) is 2.45. The summed E-state index contributed by atoms with van der Waals surface area (Å²) in [5.74, 6) is 0.643. The number of unbranched alkanes of at least 4 members (excludes halogenated alkanes) is 3. The quantitative estimate of drug-likeness (QED) is 0.412. The van der Waals surface area contributed by atoms with Crippen LogP contribution >= 0.6 is 17.0 Å². The Balaban J connectivity index is 0. The van der Waals surface area contributed by atoms with Crippen LogP contribution in [0.5, 0.6) is 11.5 Å². The fourth-order valence-electron chi connectivity index (χ4n) is 2.53. The molecule has 0 saturated carbocycles. The standard InChI is InChI=1S/C18H29O2.BrH.Cs/c1-4-7-10-14-13-17(19)15(11-8-5-2)16(18(14)20)12-9-6-3;;/h19-20H,4-12H2,1-3H3;1H;/q-1;;+1. The molecule has 0 aliphatic heterocycles. The van der Waals surface area contributed by atoms with Crippen molar-refractivity contribution in [2.75, 3.05) is 0 Å². The first-order valence-electron chi connectivity index (χ1n) is 8.13. The van der Waals surface area contributed by atoms with Gasteiger partial charge in [0.1, 0.15) is 0 Å². The van der Waals surface area contributed by atoms with Gasteiger partial charge in [-0.3, -0.25) is 0 Å². The van der Waals surface area contributed by atoms with Crippen LogP contribution in [-0.2, 0) is 19.3 Å². The molecule has 0 fully saturated rings. The molecule has 0 heterocycles. The molecule has 0 unspecified atom stereocenters. The van der Waals surface area contributed by atoms with E-state index in [1.807, 2.05) is 0 Å². The van der Waals surface area contributed by atoms with E-state index in [9.17, 15) is 10.2 Å². The molecular weight excluding hydrogens is 461 g/mol. The summed E-state index contributed by atoms with van der Waals surface area (Å²) in [6.45, 7) is 6.42. The Labute approximate surface area is 205 Å². The van der Waals surface area contributed by atoms with E-state index in [2.05, 4.69) is 26.8 Å². The van der Waals surface area contributed by atoms with Gasteiger partial charge in [-0.05, 0) is 12.8 Å². The largest absolute Gasteiger partial charge is 1.00 e. The number of phenols is 2. The third-order valence-electron chi connectivity index (χ3n) is 3.83. The number of aromatic hydroxyl groups is 2. The molecule has 0 spiro atoms. The molecule has 0 radical (unpaired) electrons. The van der Waals surface area contributed by atoms with Crippen LogP contribution in [0, 0.1) is 6.07 Å². The minimum absolute atomic E-state index is 0. The van der Waals surface area contributed by atoms with E-state index in [0.29, 0.717) is 5.75 Å². The molecule has 4 heteroatoms. The Morgan fingerprint density at radius 1 is 0.773 bits per heavy atom. The molecule has 1 aromatic rings. The Morgan fingerprint density at radius 3 is 1.73 bits per heavy atom. The van der Waals surface area contributed by atoms with Gasteiger partial charge >= 0.3 is 68.9 Å². The summed E-state index contributed by atoms with van der Waals surface area (Å²) in [7, 11) is 0. The molecule has 0 aliphatic carbocycles. The van der Waals surface area contributed by atoms with E-state index in [-0.39, 0.29) is 91.6 Å². The van der Waals surface area contributed by atoms with Crippen molar-refractivity contribution >= 4 is 17.0 Å². The van der Waals surface area contributed by atoms with Gasteiger partial charge in [0, 0.05) is 11.5 Å². The van der Waals surface area contributed by atoms with Crippen LogP contribution in [0.3, 0.4) is 0 Å². The minimum atomic E-state index is 0. The van der Waals surface area contributed by atoms with Gasteiger partial charge in [0.25, 0.3) is 0 Å². The summed E-state index contributed by atoms with van der Waals surface area (Å²) in [4.78, 5) is 0. The van der Waals surface area contributed by atoms with Gasteiger partial charge in [-0.1, -0.05) is 65.7 Å². The molecule has 0 atom stereocenters. The van der Waals surface area contributed by atoms with Crippen molar-refractivity contribution in [2.45, 2.75) is 78.6 Å². The number of phenolic OH excluding ortho intramolecular Hbond substituents is 2. The molecule has 2 nitrogen and oxygen atoms in total. The maximum Gasteiger partial charge on any atom is 1.00 e. The summed E-state index contributed by atoms with van der Waals surface area (Å²) < 4.78 is 0. The molecule has 0 aliphatic rings. The van der Waals surface area contributed by atoms with Crippen molar-refractivity contribution in [3.63, 3.8) is 0 Å². The van der Waals surface area contributed by atoms with E-state index in [1.165, 1.54) is 0 Å². The van der Waals surface area contributed by atoms with E-state index in [0.717, 1.165) is 74.5 Å². The smallest absolute Gasteiger partial charge is 0.565 e. The number of aryl methyl sites for hydroxylation is 1. The summed E-state index contributed by atoms with van der Waals surface area (Å²) in [5, 5.41) is 20.8. The zero-order valence-corrected chi connectivity index (χ0v) is 22.7. The molecule has 0 aromatic heterocycles. The van der Waals surface area contributed by atoms with Crippen molar-refractivity contribution in [1.29, 1.82) is 0 Å². The fraction of sp³-hybridized carbons (Fsp3) is 0.667. The predicted octanol–water partition coefficient (Wildman–Crippen LogP) is 2.51. The monoisotopic (exact) mass is 490 g/mol. The Bertz CT molecular complexity index is 422. The normalized spacial score (nSPS) is 9.95. The zero-order valence-electron chi connectivity index (χ0n) is 14.7. The van der Waals surface area contributed by atoms with Gasteiger partial charge in [0.2, 0.25) is 0 Å². The maximum atomic E-state index is 10.5. The summed E-state index contributed by atoms with van der Waals surface area (Å²) in [6, 6.07) is 3.01. The topological polar surface area (TPSA) is 40.5 Å². The molecule has 0 bridgehead atoms. The summed E-state index contributed by atoms with van der Waals surface area (Å²) in [6.07, 6.45) is 8.84. The maximum absolute atomic E-state index is 10.5. The Morgan fingerprint density at radius 2 is 1.23 bits per heavy atom. The minimum Gasteiger partial charge on any atom is -0.565 e. The molecule has 22 heavy (non-hydrogen) atoms. The van der Waals surface area contributed by atoms with Crippen LogP contribution in [0.1, 0.15) is 76.0 Å². The van der Waals surface area contributed by atoms with Crippen molar-refractivity contribution in [3.05, 3.63) is 22.8 Å². The van der Waals surface area contributed by atoms with Gasteiger partial charge in [0.15, 0.2) is 0 Å². The van der Waals surface area contributed by atoms with Crippen molar-refractivity contribution < 1.29 is 79.1 Å². The molecule has 122 valence electrons. The summed E-state index contributed by atoms with van der Waals surface area (Å²) >= 11 is 0. The fourth-order valence-corrected chi connectivity index (χ4v) is 2.53. The van der Waals surface area contributed by atoms with Crippen LogP contribution in [0.2, 0.25) is 0 Å². The molecule has 1 aromatic carbocycles. The van der Waals surface area contributed by atoms with E-state index in [1.54, 1.807) is 0 Å². The Hall–Kier alpha value is 1.35. The van der Waals surface area contributed by atoms with Crippen LogP contribution in [0.4, 0.5) is 0 Å².